The Kier molecular flexibility index (Phi) is 5.66. The van der Waals surface area contributed by atoms with Crippen molar-refractivity contribution in [1.82, 2.24) is 5.32 Å². The quantitative estimate of drug-likeness (QED) is 0.759. The smallest absolute Gasteiger partial charge is 0.328 e. The molecule has 0 spiro atoms. The summed E-state index contributed by atoms with van der Waals surface area (Å²) in [5.41, 5.74) is 0. The van der Waals surface area contributed by atoms with Crippen LogP contribution in [0.25, 0.3) is 0 Å². The molecule has 92 valence electrons. The molecule has 1 saturated heterocycles. The Morgan fingerprint density at radius 1 is 1.50 bits per heavy atom. The number of esters is 1. The van der Waals surface area contributed by atoms with Crippen molar-refractivity contribution >= 4 is 23.6 Å². The number of carbonyl (C=O) groups is 2. The van der Waals surface area contributed by atoms with Crippen molar-refractivity contribution in [3.8, 4) is 0 Å². The summed E-state index contributed by atoms with van der Waals surface area (Å²) in [6.45, 7) is 3.75. The summed E-state index contributed by atoms with van der Waals surface area (Å²) < 4.78 is 4.83. The van der Waals surface area contributed by atoms with Crippen LogP contribution >= 0.6 is 11.8 Å². The van der Waals surface area contributed by atoms with E-state index in [1.807, 2.05) is 0 Å². The lowest BCUT2D eigenvalue weighted by Crippen LogP contribution is -2.44. The van der Waals surface area contributed by atoms with Gasteiger partial charge in [-0.05, 0) is 32.4 Å². The number of hydrogen-bond acceptors (Lipinski definition) is 4. The maximum absolute atomic E-state index is 11.8. The van der Waals surface area contributed by atoms with Crippen LogP contribution in [0.2, 0.25) is 0 Å². The molecule has 1 aliphatic rings. The molecular formula is C11H19NO3S. The number of carbonyl (C=O) groups excluding carboxylic acids is 2. The van der Waals surface area contributed by atoms with Crippen LogP contribution in [0.3, 0.4) is 0 Å². The van der Waals surface area contributed by atoms with E-state index in [1.54, 1.807) is 25.6 Å². The molecule has 1 heterocycles. The van der Waals surface area contributed by atoms with E-state index in [1.165, 1.54) is 6.42 Å². The molecule has 0 saturated carbocycles. The van der Waals surface area contributed by atoms with Crippen molar-refractivity contribution in [2.45, 2.75) is 44.4 Å². The molecule has 1 amide bonds. The largest absolute Gasteiger partial charge is 0.464 e. The van der Waals surface area contributed by atoms with Gasteiger partial charge in [0.25, 0.3) is 0 Å². The first kappa shape index (κ1) is 13.4. The fraction of sp³-hybridized carbons (Fsp3) is 0.818. The first-order valence-electron chi connectivity index (χ1n) is 5.73. The Hall–Kier alpha value is -0.710. The molecule has 1 fully saturated rings. The zero-order valence-electron chi connectivity index (χ0n) is 9.82. The monoisotopic (exact) mass is 245 g/mol. The summed E-state index contributed by atoms with van der Waals surface area (Å²) in [6.07, 6.45) is 3.19. The van der Waals surface area contributed by atoms with E-state index in [0.29, 0.717) is 6.61 Å². The third kappa shape index (κ3) is 4.04. The van der Waals surface area contributed by atoms with Crippen LogP contribution in [0.1, 0.15) is 33.1 Å². The number of rotatable bonds is 4. The molecule has 0 aromatic carbocycles. The summed E-state index contributed by atoms with van der Waals surface area (Å²) in [7, 11) is 0. The first-order valence-corrected chi connectivity index (χ1v) is 6.78. The van der Waals surface area contributed by atoms with Crippen molar-refractivity contribution in [3.05, 3.63) is 0 Å². The average Bonchev–Trinajstić information content (AvgIpc) is 2.30. The summed E-state index contributed by atoms with van der Waals surface area (Å²) in [4.78, 5) is 23.1. The number of nitrogens with one attached hydrogen (secondary N) is 1. The van der Waals surface area contributed by atoms with E-state index < -0.39 is 6.04 Å². The Morgan fingerprint density at radius 3 is 2.81 bits per heavy atom. The van der Waals surface area contributed by atoms with Gasteiger partial charge in [-0.1, -0.05) is 6.42 Å². The molecule has 16 heavy (non-hydrogen) atoms. The van der Waals surface area contributed by atoms with E-state index in [-0.39, 0.29) is 17.1 Å². The standard InChI is InChI=1S/C11H19NO3S/c1-3-15-11(14)8(2)12-10(13)9-6-4-5-7-16-9/h8-9H,3-7H2,1-2H3,(H,12,13). The lowest BCUT2D eigenvalue weighted by molar-refractivity contribution is -0.146. The van der Waals surface area contributed by atoms with Gasteiger partial charge in [-0.15, -0.1) is 11.8 Å². The van der Waals surface area contributed by atoms with Gasteiger partial charge in [0.15, 0.2) is 0 Å². The highest BCUT2D eigenvalue weighted by molar-refractivity contribution is 8.00. The van der Waals surface area contributed by atoms with Gasteiger partial charge in [0.2, 0.25) is 5.91 Å². The Bertz CT molecular complexity index is 252. The van der Waals surface area contributed by atoms with Crippen molar-refractivity contribution in [1.29, 1.82) is 0 Å². The molecule has 1 aliphatic heterocycles. The zero-order valence-corrected chi connectivity index (χ0v) is 10.6. The second-order valence-corrected chi connectivity index (χ2v) is 5.15. The second kappa shape index (κ2) is 6.78. The Labute approximate surface area is 100 Å². The topological polar surface area (TPSA) is 55.4 Å². The van der Waals surface area contributed by atoms with Gasteiger partial charge in [0, 0.05) is 0 Å². The third-order valence-electron chi connectivity index (χ3n) is 2.47. The molecular weight excluding hydrogens is 226 g/mol. The van der Waals surface area contributed by atoms with E-state index in [2.05, 4.69) is 5.32 Å². The van der Waals surface area contributed by atoms with Crippen molar-refractivity contribution < 1.29 is 14.3 Å². The van der Waals surface area contributed by atoms with Crippen LogP contribution in [-0.4, -0.2) is 35.5 Å². The molecule has 0 radical (unpaired) electrons. The number of thioether (sulfide) groups is 1. The highest BCUT2D eigenvalue weighted by Crippen LogP contribution is 2.25. The van der Waals surface area contributed by atoms with Crippen LogP contribution < -0.4 is 5.32 Å². The van der Waals surface area contributed by atoms with Crippen LogP contribution in [0.15, 0.2) is 0 Å². The Morgan fingerprint density at radius 2 is 2.25 bits per heavy atom. The molecule has 4 nitrogen and oxygen atoms in total. The number of hydrogen-bond donors (Lipinski definition) is 1. The van der Waals surface area contributed by atoms with Crippen molar-refractivity contribution in [2.75, 3.05) is 12.4 Å². The number of ether oxygens (including phenoxy) is 1. The second-order valence-electron chi connectivity index (χ2n) is 3.84. The molecule has 0 bridgehead atoms. The summed E-state index contributed by atoms with van der Waals surface area (Å²) >= 11 is 1.67. The first-order chi connectivity index (χ1) is 7.65. The highest BCUT2D eigenvalue weighted by atomic mass is 32.2. The maximum Gasteiger partial charge on any atom is 0.328 e. The van der Waals surface area contributed by atoms with Gasteiger partial charge in [0.1, 0.15) is 6.04 Å². The Balaban J connectivity index is 2.34. The minimum Gasteiger partial charge on any atom is -0.464 e. The van der Waals surface area contributed by atoms with Crippen LogP contribution in [0.4, 0.5) is 0 Å². The highest BCUT2D eigenvalue weighted by Gasteiger charge is 2.25. The van der Waals surface area contributed by atoms with E-state index in [0.717, 1.165) is 18.6 Å². The third-order valence-corrected chi connectivity index (χ3v) is 3.85. The van der Waals surface area contributed by atoms with Crippen LogP contribution in [0, 0.1) is 0 Å². The van der Waals surface area contributed by atoms with Crippen molar-refractivity contribution in [2.24, 2.45) is 0 Å². The zero-order chi connectivity index (χ0) is 12.0. The molecule has 1 N–H and O–H groups in total. The van der Waals surface area contributed by atoms with Gasteiger partial charge in [0.05, 0.1) is 11.9 Å². The molecule has 0 aromatic rings. The SMILES string of the molecule is CCOC(=O)C(C)NC(=O)C1CCCCS1. The van der Waals surface area contributed by atoms with Crippen LogP contribution in [-0.2, 0) is 14.3 Å². The summed E-state index contributed by atoms with van der Waals surface area (Å²) in [6, 6.07) is -0.546. The van der Waals surface area contributed by atoms with E-state index in [9.17, 15) is 9.59 Å². The molecule has 0 aliphatic carbocycles. The van der Waals surface area contributed by atoms with Gasteiger partial charge >= 0.3 is 5.97 Å². The van der Waals surface area contributed by atoms with E-state index >= 15 is 0 Å². The summed E-state index contributed by atoms with van der Waals surface area (Å²) in [5, 5.41) is 2.71. The maximum atomic E-state index is 11.8. The van der Waals surface area contributed by atoms with Gasteiger partial charge in [-0.2, -0.15) is 0 Å². The average molecular weight is 245 g/mol. The minimum atomic E-state index is -0.546. The molecule has 5 heteroatoms. The molecule has 2 unspecified atom stereocenters. The molecule has 1 rings (SSSR count). The molecule has 2 atom stereocenters. The lowest BCUT2D eigenvalue weighted by atomic mass is 10.1. The minimum absolute atomic E-state index is 0.00521. The summed E-state index contributed by atoms with van der Waals surface area (Å²) in [5.74, 6) is 0.633. The van der Waals surface area contributed by atoms with Crippen LogP contribution in [0.5, 0.6) is 0 Å². The predicted octanol–water partition coefficient (Wildman–Crippen LogP) is 1.34. The predicted molar refractivity (Wildman–Crippen MR) is 64.3 cm³/mol. The lowest BCUT2D eigenvalue weighted by Gasteiger charge is -2.22. The van der Waals surface area contributed by atoms with E-state index in [4.69, 9.17) is 4.74 Å². The fourth-order valence-corrected chi connectivity index (χ4v) is 2.79. The normalized spacial score (nSPS) is 22.2. The van der Waals surface area contributed by atoms with Crippen molar-refractivity contribution in [3.63, 3.8) is 0 Å². The van der Waals surface area contributed by atoms with Gasteiger partial charge < -0.3 is 10.1 Å². The van der Waals surface area contributed by atoms with Gasteiger partial charge in [-0.3, -0.25) is 4.79 Å². The number of amides is 1. The van der Waals surface area contributed by atoms with Gasteiger partial charge in [-0.25, -0.2) is 4.79 Å². The molecule has 0 aromatic heterocycles. The fourth-order valence-electron chi connectivity index (χ4n) is 1.58.